The van der Waals surface area contributed by atoms with Gasteiger partial charge in [-0.2, -0.15) is 0 Å². The zero-order valence-corrected chi connectivity index (χ0v) is 17.9. The van der Waals surface area contributed by atoms with Crippen molar-refractivity contribution < 1.29 is 44.1 Å². The fourth-order valence-electron chi connectivity index (χ4n) is 5.39. The van der Waals surface area contributed by atoms with Crippen molar-refractivity contribution in [3.63, 3.8) is 0 Å². The molecule has 0 spiro atoms. The zero-order valence-electron chi connectivity index (χ0n) is 17.9. The number of likely N-dealkylation sites (N-methyl/N-ethyl adjacent to an activating group) is 1. The first-order chi connectivity index (χ1) is 15.7. The van der Waals surface area contributed by atoms with Gasteiger partial charge in [0.05, 0.1) is 22.6 Å². The van der Waals surface area contributed by atoms with Crippen LogP contribution in [0.3, 0.4) is 0 Å². The molecule has 0 aliphatic heterocycles. The third-order valence-electron chi connectivity index (χ3n) is 6.84. The summed E-state index contributed by atoms with van der Waals surface area (Å²) in [5, 5.41) is 54.5. The summed E-state index contributed by atoms with van der Waals surface area (Å²) in [4.78, 5) is 49.8. The fraction of sp³-hybridized carbons (Fsp3) is 0.381. The topological polar surface area (TPSA) is 205 Å². The first-order valence-electron chi connectivity index (χ1n) is 10.1. The third kappa shape index (κ3) is 2.80. The fourth-order valence-corrected chi connectivity index (χ4v) is 5.39. The third-order valence-corrected chi connectivity index (χ3v) is 6.84. The number of aromatic hydroxyl groups is 1. The lowest BCUT2D eigenvalue weighted by Gasteiger charge is -2.50. The van der Waals surface area contributed by atoms with Crippen molar-refractivity contribution in [3.05, 3.63) is 50.0 Å². The van der Waals surface area contributed by atoms with Gasteiger partial charge in [-0.15, -0.1) is 0 Å². The van der Waals surface area contributed by atoms with Crippen LogP contribution in [0.5, 0.6) is 5.75 Å². The van der Waals surface area contributed by atoms with Crippen molar-refractivity contribution in [1.82, 2.24) is 4.90 Å². The van der Waals surface area contributed by atoms with Crippen LogP contribution in [0, 0.1) is 27.8 Å². The van der Waals surface area contributed by atoms with Gasteiger partial charge in [0.2, 0.25) is 11.5 Å². The number of fused-ring (bicyclic) bond motifs is 3. The molecule has 1 amide bonds. The molecule has 34 heavy (non-hydrogen) atoms. The number of Topliss-reactive ketones (excluding diaryl/α,β-unsaturated/α-hetero) is 2. The van der Waals surface area contributed by atoms with Crippen LogP contribution in [0.4, 0.5) is 10.1 Å². The lowest BCUT2D eigenvalue weighted by molar-refractivity contribution is -0.386. The molecular formula is C21H20FN3O9. The van der Waals surface area contributed by atoms with Gasteiger partial charge in [0.1, 0.15) is 22.9 Å². The number of phenolic OH excluding ortho intramolecular Hbond substituents is 1. The number of carbonyl (C=O) groups is 3. The summed E-state index contributed by atoms with van der Waals surface area (Å²) in [7, 11) is 2.90. The van der Waals surface area contributed by atoms with E-state index in [2.05, 4.69) is 0 Å². The number of nitro benzene ring substituents is 1. The number of hydrogen-bond acceptors (Lipinski definition) is 10. The molecule has 4 atom stereocenters. The maximum absolute atomic E-state index is 14.7. The number of aliphatic hydroxyl groups excluding tert-OH is 2. The van der Waals surface area contributed by atoms with E-state index in [9.17, 15) is 49.3 Å². The maximum atomic E-state index is 14.7. The molecule has 1 saturated carbocycles. The average molecular weight is 477 g/mol. The van der Waals surface area contributed by atoms with E-state index < -0.39 is 91.4 Å². The van der Waals surface area contributed by atoms with Gasteiger partial charge in [0, 0.05) is 17.1 Å². The van der Waals surface area contributed by atoms with Gasteiger partial charge in [-0.3, -0.25) is 29.4 Å². The second-order valence-electron chi connectivity index (χ2n) is 8.80. The molecule has 3 aliphatic rings. The number of nitrogens with two attached hydrogens (primary N) is 1. The molecule has 1 aromatic carbocycles. The highest BCUT2D eigenvalue weighted by Gasteiger charge is 2.64. The highest BCUT2D eigenvalue weighted by atomic mass is 19.1. The standard InChI is InChI=1S/C21H20FN3O9/c1-24(2)14-8-4-6-3-7-9(22)5-10(25(33)34)15(26)12(7)16(27)11(6)18(29)21(8,32)19(30)13(17(14)28)20(23)31/h5-6,8,14,26-27,30,32H,3-4H2,1-2H3,(H2,23,31)/t6?,8?,14-,21-/m0/s1. The van der Waals surface area contributed by atoms with Gasteiger partial charge in [0.15, 0.2) is 11.4 Å². The largest absolute Gasteiger partial charge is 0.508 e. The number of ketones is 2. The van der Waals surface area contributed by atoms with Crippen molar-refractivity contribution in [2.24, 2.45) is 17.6 Å². The first-order valence-corrected chi connectivity index (χ1v) is 10.1. The van der Waals surface area contributed by atoms with E-state index >= 15 is 0 Å². The lowest BCUT2D eigenvalue weighted by atomic mass is 9.57. The molecule has 6 N–H and O–H groups in total. The number of phenols is 1. The summed E-state index contributed by atoms with van der Waals surface area (Å²) >= 11 is 0. The Labute approximate surface area is 190 Å². The second kappa shape index (κ2) is 7.33. The van der Waals surface area contributed by atoms with Crippen LogP contribution >= 0.6 is 0 Å². The molecule has 0 heterocycles. The smallest absolute Gasteiger partial charge is 0.314 e. The molecule has 1 aromatic rings. The number of nitro groups is 1. The molecular weight excluding hydrogens is 457 g/mol. The van der Waals surface area contributed by atoms with Crippen molar-refractivity contribution in [3.8, 4) is 5.75 Å². The summed E-state index contributed by atoms with van der Waals surface area (Å²) in [5.74, 6) is -10.3. The molecule has 3 aliphatic carbocycles. The maximum Gasteiger partial charge on any atom is 0.314 e. The van der Waals surface area contributed by atoms with Gasteiger partial charge in [-0.05, 0) is 32.9 Å². The van der Waals surface area contributed by atoms with Crippen LogP contribution in [0.15, 0.2) is 23.0 Å². The van der Waals surface area contributed by atoms with Crippen molar-refractivity contribution >= 4 is 28.9 Å². The van der Waals surface area contributed by atoms with Crippen LogP contribution in [0.25, 0.3) is 5.76 Å². The number of rotatable bonds is 3. The average Bonchev–Trinajstić information content (AvgIpc) is 2.72. The SMILES string of the molecule is CN(C)[C@@H]1C(=O)C(C(N)=O)=C(O)[C@@]2(O)C(=O)C3=C(O)c4c(O)c([N+](=O)[O-])cc(F)c4CC3CC12. The molecule has 0 saturated heterocycles. The van der Waals surface area contributed by atoms with E-state index in [0.717, 1.165) is 0 Å². The van der Waals surface area contributed by atoms with Crippen LogP contribution in [0.2, 0.25) is 0 Å². The number of benzene rings is 1. The molecule has 4 rings (SSSR count). The number of nitrogens with zero attached hydrogens (tertiary/aromatic N) is 2. The highest BCUT2D eigenvalue weighted by Crippen LogP contribution is 2.53. The van der Waals surface area contributed by atoms with Gasteiger partial charge in [-0.25, -0.2) is 4.39 Å². The molecule has 1 fully saturated rings. The molecule has 2 unspecified atom stereocenters. The number of primary amides is 1. The number of hydrogen-bond donors (Lipinski definition) is 5. The van der Waals surface area contributed by atoms with Gasteiger partial charge in [0.25, 0.3) is 5.91 Å². The van der Waals surface area contributed by atoms with Crippen molar-refractivity contribution in [2.75, 3.05) is 14.1 Å². The highest BCUT2D eigenvalue weighted by molar-refractivity contribution is 6.24. The Morgan fingerprint density at radius 3 is 2.44 bits per heavy atom. The number of amides is 1. The molecule has 0 bridgehead atoms. The van der Waals surface area contributed by atoms with Crippen molar-refractivity contribution in [1.29, 1.82) is 0 Å². The summed E-state index contributed by atoms with van der Waals surface area (Å²) in [6, 6.07) is -0.777. The van der Waals surface area contributed by atoms with Crippen LogP contribution in [-0.4, -0.2) is 73.5 Å². The molecule has 0 radical (unpaired) electrons. The monoisotopic (exact) mass is 477 g/mol. The molecule has 12 nitrogen and oxygen atoms in total. The Morgan fingerprint density at radius 2 is 1.91 bits per heavy atom. The minimum atomic E-state index is -2.85. The normalized spacial score (nSPS) is 28.6. The van der Waals surface area contributed by atoms with Crippen LogP contribution in [-0.2, 0) is 20.8 Å². The predicted octanol–water partition coefficient (Wildman–Crippen LogP) is 0.0113. The van der Waals surface area contributed by atoms with E-state index in [1.807, 2.05) is 0 Å². The van der Waals surface area contributed by atoms with Gasteiger partial charge < -0.3 is 26.2 Å². The van der Waals surface area contributed by atoms with Crippen LogP contribution < -0.4 is 5.73 Å². The van der Waals surface area contributed by atoms with E-state index in [4.69, 9.17) is 5.73 Å². The van der Waals surface area contributed by atoms with Crippen LogP contribution in [0.1, 0.15) is 17.5 Å². The number of carbonyl (C=O) groups excluding carboxylic acids is 3. The second-order valence-corrected chi connectivity index (χ2v) is 8.80. The number of aliphatic hydroxyl groups is 3. The predicted molar refractivity (Wildman–Crippen MR) is 111 cm³/mol. The summed E-state index contributed by atoms with van der Waals surface area (Å²) in [6.45, 7) is 0. The molecule has 13 heteroatoms. The Kier molecular flexibility index (Phi) is 5.03. The van der Waals surface area contributed by atoms with Gasteiger partial charge >= 0.3 is 5.69 Å². The zero-order chi connectivity index (χ0) is 25.4. The summed E-state index contributed by atoms with van der Waals surface area (Å²) in [6.07, 6.45) is -0.519. The molecule has 180 valence electrons. The minimum Gasteiger partial charge on any atom is -0.508 e. The first kappa shape index (κ1) is 23.3. The van der Waals surface area contributed by atoms with Gasteiger partial charge in [-0.1, -0.05) is 0 Å². The van der Waals surface area contributed by atoms with E-state index in [0.29, 0.717) is 6.07 Å². The summed E-state index contributed by atoms with van der Waals surface area (Å²) < 4.78 is 14.7. The summed E-state index contributed by atoms with van der Waals surface area (Å²) in [5.41, 5.74) is -1.12. The Hall–Kier alpha value is -3.84. The minimum absolute atomic E-state index is 0.219. The Morgan fingerprint density at radius 1 is 1.29 bits per heavy atom. The number of halogens is 1. The quantitative estimate of drug-likeness (QED) is 0.224. The van der Waals surface area contributed by atoms with Crippen molar-refractivity contribution in [2.45, 2.75) is 24.5 Å². The van der Waals surface area contributed by atoms with E-state index in [-0.39, 0.29) is 18.4 Å². The van der Waals surface area contributed by atoms with E-state index in [1.54, 1.807) is 0 Å². The lowest BCUT2D eigenvalue weighted by Crippen LogP contribution is -2.65. The Balaban J connectivity index is 2.01. The van der Waals surface area contributed by atoms with E-state index in [1.165, 1.54) is 19.0 Å². The Bertz CT molecular complexity index is 1270. The molecule has 0 aromatic heterocycles.